The van der Waals surface area contributed by atoms with E-state index in [0.717, 1.165) is 34.9 Å². The van der Waals surface area contributed by atoms with Crippen LogP contribution in [-0.2, 0) is 16.0 Å². The second-order valence-electron chi connectivity index (χ2n) is 5.16. The summed E-state index contributed by atoms with van der Waals surface area (Å²) < 4.78 is 1.02. The topological polar surface area (TPSA) is 66.4 Å². The highest BCUT2D eigenvalue weighted by Gasteiger charge is 2.05. The van der Waals surface area contributed by atoms with E-state index in [2.05, 4.69) is 21.2 Å². The lowest BCUT2D eigenvalue weighted by Crippen LogP contribution is -2.26. The highest BCUT2D eigenvalue weighted by Crippen LogP contribution is 2.16. The van der Waals surface area contributed by atoms with Crippen LogP contribution < -0.4 is 5.32 Å². The van der Waals surface area contributed by atoms with Crippen LogP contribution in [-0.4, -0.2) is 23.5 Å². The molecule has 0 heterocycles. The fraction of sp³-hybridized carbons (Fsp3) is 0.500. The zero-order valence-corrected chi connectivity index (χ0v) is 13.9. The number of amides is 1. The summed E-state index contributed by atoms with van der Waals surface area (Å²) in [6.45, 7) is 2.65. The van der Waals surface area contributed by atoms with E-state index < -0.39 is 5.97 Å². The molecule has 0 saturated carbocycles. The first kappa shape index (κ1) is 17.7. The summed E-state index contributed by atoms with van der Waals surface area (Å²) in [4.78, 5) is 22.2. The molecule has 1 rings (SSSR count). The zero-order chi connectivity index (χ0) is 15.7. The Morgan fingerprint density at radius 2 is 1.90 bits per heavy atom. The number of rotatable bonds is 9. The molecule has 0 aliphatic rings. The van der Waals surface area contributed by atoms with Crippen LogP contribution in [0.15, 0.2) is 22.7 Å². The lowest BCUT2D eigenvalue weighted by molar-refractivity contribution is -0.137. The third kappa shape index (κ3) is 7.85. The molecule has 1 aromatic rings. The van der Waals surface area contributed by atoms with Gasteiger partial charge in [-0.3, -0.25) is 9.59 Å². The Hall–Kier alpha value is -1.36. The maximum atomic E-state index is 11.8. The predicted molar refractivity (Wildman–Crippen MR) is 86.3 cm³/mol. The van der Waals surface area contributed by atoms with E-state index in [4.69, 9.17) is 5.11 Å². The number of halogens is 1. The number of hydrogen-bond donors (Lipinski definition) is 2. The molecule has 0 aromatic heterocycles. The Kier molecular flexibility index (Phi) is 8.05. The van der Waals surface area contributed by atoms with Crippen molar-refractivity contribution in [3.8, 4) is 0 Å². The van der Waals surface area contributed by atoms with Gasteiger partial charge in [0.15, 0.2) is 0 Å². The molecule has 1 amide bonds. The van der Waals surface area contributed by atoms with Gasteiger partial charge in [0.05, 0.1) is 6.42 Å². The van der Waals surface area contributed by atoms with E-state index >= 15 is 0 Å². The van der Waals surface area contributed by atoms with Gasteiger partial charge in [0, 0.05) is 17.4 Å². The van der Waals surface area contributed by atoms with Gasteiger partial charge in [-0.1, -0.05) is 34.8 Å². The Balaban J connectivity index is 2.15. The van der Waals surface area contributed by atoms with E-state index in [1.54, 1.807) is 0 Å². The molecule has 1 aromatic carbocycles. The van der Waals surface area contributed by atoms with E-state index in [1.165, 1.54) is 0 Å². The summed E-state index contributed by atoms with van der Waals surface area (Å²) >= 11 is 3.41. The summed E-state index contributed by atoms with van der Waals surface area (Å²) in [7, 11) is 0. The smallest absolute Gasteiger partial charge is 0.303 e. The number of benzene rings is 1. The highest BCUT2D eigenvalue weighted by atomic mass is 79.9. The zero-order valence-electron chi connectivity index (χ0n) is 12.3. The highest BCUT2D eigenvalue weighted by molar-refractivity contribution is 9.10. The molecule has 2 N–H and O–H groups in total. The van der Waals surface area contributed by atoms with Crippen LogP contribution in [0.2, 0.25) is 0 Å². The van der Waals surface area contributed by atoms with Crippen LogP contribution in [0.4, 0.5) is 0 Å². The van der Waals surface area contributed by atoms with Gasteiger partial charge in [-0.15, -0.1) is 0 Å². The summed E-state index contributed by atoms with van der Waals surface area (Å²) in [5.74, 6) is -0.709. The SMILES string of the molecule is Cc1cc(Br)ccc1CC(=O)NCCCCCCC(=O)O. The molecule has 0 bridgehead atoms. The van der Waals surface area contributed by atoms with E-state index in [0.29, 0.717) is 19.4 Å². The van der Waals surface area contributed by atoms with Gasteiger partial charge in [-0.2, -0.15) is 0 Å². The van der Waals surface area contributed by atoms with Crippen molar-refractivity contribution in [3.05, 3.63) is 33.8 Å². The Bertz CT molecular complexity index is 488. The summed E-state index contributed by atoms with van der Waals surface area (Å²) in [6.07, 6.45) is 4.08. The first-order chi connectivity index (χ1) is 9.99. The average molecular weight is 356 g/mol. The van der Waals surface area contributed by atoms with Gasteiger partial charge in [-0.25, -0.2) is 0 Å². The van der Waals surface area contributed by atoms with Crippen molar-refractivity contribution in [2.24, 2.45) is 0 Å². The molecule has 0 spiro atoms. The number of aliphatic carboxylic acids is 1. The van der Waals surface area contributed by atoms with Gasteiger partial charge >= 0.3 is 5.97 Å². The van der Waals surface area contributed by atoms with Crippen molar-refractivity contribution >= 4 is 27.8 Å². The van der Waals surface area contributed by atoms with Gasteiger partial charge in [0.2, 0.25) is 5.91 Å². The van der Waals surface area contributed by atoms with Crippen molar-refractivity contribution < 1.29 is 14.7 Å². The third-order valence-electron chi connectivity index (χ3n) is 3.30. The molecular formula is C16H22BrNO3. The van der Waals surface area contributed by atoms with Crippen molar-refractivity contribution in [3.63, 3.8) is 0 Å². The Morgan fingerprint density at radius 1 is 1.19 bits per heavy atom. The molecule has 0 aliphatic heterocycles. The second-order valence-corrected chi connectivity index (χ2v) is 6.07. The Labute approximate surface area is 134 Å². The fourth-order valence-corrected chi connectivity index (χ4v) is 2.55. The van der Waals surface area contributed by atoms with Gasteiger partial charge < -0.3 is 10.4 Å². The second kappa shape index (κ2) is 9.55. The predicted octanol–water partition coefficient (Wildman–Crippen LogP) is 3.45. The molecular weight excluding hydrogens is 334 g/mol. The molecule has 0 atom stereocenters. The van der Waals surface area contributed by atoms with Crippen molar-refractivity contribution in [1.29, 1.82) is 0 Å². The molecule has 116 valence electrons. The standard InChI is InChI=1S/C16H22BrNO3/c1-12-10-14(17)8-7-13(12)11-15(19)18-9-5-3-2-4-6-16(20)21/h7-8,10H,2-6,9,11H2,1H3,(H,18,19)(H,20,21). The average Bonchev–Trinajstić information content (AvgIpc) is 2.40. The van der Waals surface area contributed by atoms with Crippen LogP contribution in [0.3, 0.4) is 0 Å². The summed E-state index contributed by atoms with van der Waals surface area (Å²) in [6, 6.07) is 5.91. The maximum absolute atomic E-state index is 11.8. The molecule has 0 saturated heterocycles. The van der Waals surface area contributed by atoms with Crippen LogP contribution in [0.1, 0.15) is 43.2 Å². The minimum absolute atomic E-state index is 0.0333. The number of unbranched alkanes of at least 4 members (excludes halogenated alkanes) is 3. The molecule has 4 nitrogen and oxygen atoms in total. The molecule has 0 unspecified atom stereocenters. The van der Waals surface area contributed by atoms with Crippen LogP contribution in [0, 0.1) is 6.92 Å². The van der Waals surface area contributed by atoms with Crippen molar-refractivity contribution in [1.82, 2.24) is 5.32 Å². The van der Waals surface area contributed by atoms with E-state index in [-0.39, 0.29) is 12.3 Å². The van der Waals surface area contributed by atoms with Gasteiger partial charge in [-0.05, 0) is 43.0 Å². The molecule has 5 heteroatoms. The minimum atomic E-state index is -0.742. The molecule has 0 radical (unpaired) electrons. The largest absolute Gasteiger partial charge is 0.481 e. The maximum Gasteiger partial charge on any atom is 0.303 e. The van der Waals surface area contributed by atoms with E-state index in [9.17, 15) is 9.59 Å². The number of carbonyl (C=O) groups is 2. The van der Waals surface area contributed by atoms with Crippen molar-refractivity contribution in [2.75, 3.05) is 6.54 Å². The summed E-state index contributed by atoms with van der Waals surface area (Å²) in [5.41, 5.74) is 2.14. The van der Waals surface area contributed by atoms with Crippen LogP contribution in [0.25, 0.3) is 0 Å². The van der Waals surface area contributed by atoms with Gasteiger partial charge in [0.25, 0.3) is 0 Å². The molecule has 21 heavy (non-hydrogen) atoms. The van der Waals surface area contributed by atoms with E-state index in [1.807, 2.05) is 25.1 Å². The lowest BCUT2D eigenvalue weighted by Gasteiger charge is -2.08. The normalized spacial score (nSPS) is 10.4. The monoisotopic (exact) mass is 355 g/mol. The fourth-order valence-electron chi connectivity index (χ4n) is 2.08. The quantitative estimate of drug-likeness (QED) is 0.666. The lowest BCUT2D eigenvalue weighted by atomic mass is 10.1. The minimum Gasteiger partial charge on any atom is -0.481 e. The Morgan fingerprint density at radius 3 is 2.57 bits per heavy atom. The van der Waals surface area contributed by atoms with Gasteiger partial charge in [0.1, 0.15) is 0 Å². The van der Waals surface area contributed by atoms with Crippen molar-refractivity contribution in [2.45, 2.75) is 45.4 Å². The third-order valence-corrected chi connectivity index (χ3v) is 3.79. The number of carbonyl (C=O) groups excluding carboxylic acids is 1. The summed E-state index contributed by atoms with van der Waals surface area (Å²) in [5, 5.41) is 11.4. The molecule has 0 aliphatic carbocycles. The first-order valence-corrected chi connectivity index (χ1v) is 8.02. The van der Waals surface area contributed by atoms with Crippen LogP contribution in [0.5, 0.6) is 0 Å². The number of carboxylic acids is 1. The first-order valence-electron chi connectivity index (χ1n) is 7.22. The number of carboxylic acid groups (broad SMARTS) is 1. The number of hydrogen-bond acceptors (Lipinski definition) is 2. The number of nitrogens with one attached hydrogen (secondary N) is 1. The van der Waals surface area contributed by atoms with Crippen LogP contribution >= 0.6 is 15.9 Å². The molecule has 0 fully saturated rings. The number of aryl methyl sites for hydroxylation is 1.